The minimum atomic E-state index is -0.840. The number of pyridine rings is 1. The van der Waals surface area contributed by atoms with Gasteiger partial charge in [0, 0.05) is 0 Å². The highest BCUT2D eigenvalue weighted by Gasteiger charge is 2.10. The van der Waals surface area contributed by atoms with Crippen LogP contribution in [0.5, 0.6) is 5.75 Å². The lowest BCUT2D eigenvalue weighted by molar-refractivity contribution is -0.121. The van der Waals surface area contributed by atoms with E-state index in [1.807, 2.05) is 5.32 Å². The Kier molecular flexibility index (Phi) is 5.42. The number of nitrogens with zero attached hydrogens (tertiary/aromatic N) is 1. The third-order valence-electron chi connectivity index (χ3n) is 2.45. The number of anilines is 1. The van der Waals surface area contributed by atoms with E-state index in [1.54, 1.807) is 18.2 Å². The van der Waals surface area contributed by atoms with Gasteiger partial charge in [-0.2, -0.15) is 0 Å². The third-order valence-corrected chi connectivity index (χ3v) is 2.91. The number of benzene rings is 1. The molecule has 0 bridgehead atoms. The van der Waals surface area contributed by atoms with Crippen molar-refractivity contribution in [1.29, 1.82) is 0 Å². The minimum absolute atomic E-state index is 0.0224. The largest absolute Gasteiger partial charge is 0.482 e. The van der Waals surface area contributed by atoms with Gasteiger partial charge in [-0.25, -0.2) is 14.2 Å². The van der Waals surface area contributed by atoms with E-state index in [0.29, 0.717) is 10.4 Å². The number of hydrogen-bond acceptors (Lipinski definition) is 4. The van der Waals surface area contributed by atoms with E-state index in [0.717, 1.165) is 0 Å². The molecule has 1 aromatic heterocycles. The van der Waals surface area contributed by atoms with E-state index in [1.165, 1.54) is 24.4 Å². The van der Waals surface area contributed by atoms with Crippen molar-refractivity contribution < 1.29 is 18.7 Å². The molecule has 114 valence electrons. The van der Waals surface area contributed by atoms with E-state index in [9.17, 15) is 14.0 Å². The summed E-state index contributed by atoms with van der Waals surface area (Å²) in [5.41, 5.74) is -0.0224. The van der Waals surface area contributed by atoms with Gasteiger partial charge >= 0.3 is 6.03 Å². The summed E-state index contributed by atoms with van der Waals surface area (Å²) in [7, 11) is 0. The number of para-hydroxylation sites is 1. The summed E-state index contributed by atoms with van der Waals surface area (Å²) in [6.07, 6.45) is 1.43. The third kappa shape index (κ3) is 4.81. The summed E-state index contributed by atoms with van der Waals surface area (Å²) < 4.78 is 19.1. The van der Waals surface area contributed by atoms with E-state index in [4.69, 9.17) is 4.74 Å². The van der Waals surface area contributed by atoms with E-state index < -0.39 is 17.8 Å². The maximum atomic E-state index is 13.3. The molecule has 0 fully saturated rings. The number of hydrogen-bond donors (Lipinski definition) is 2. The second-order valence-electron chi connectivity index (χ2n) is 4.09. The zero-order chi connectivity index (χ0) is 15.9. The van der Waals surface area contributed by atoms with Gasteiger partial charge in [0.2, 0.25) is 0 Å². The second-order valence-corrected chi connectivity index (χ2v) is 4.90. The Morgan fingerprint density at radius 2 is 2.00 bits per heavy atom. The molecule has 22 heavy (non-hydrogen) atoms. The summed E-state index contributed by atoms with van der Waals surface area (Å²) in [6, 6.07) is 8.05. The number of amides is 3. The van der Waals surface area contributed by atoms with Crippen molar-refractivity contribution in [1.82, 2.24) is 10.3 Å². The Bertz CT molecular complexity index is 679. The molecule has 0 radical (unpaired) electrons. The van der Waals surface area contributed by atoms with Gasteiger partial charge < -0.3 is 10.1 Å². The number of rotatable bonds is 4. The number of nitrogens with one attached hydrogen (secondary N) is 2. The van der Waals surface area contributed by atoms with Crippen molar-refractivity contribution in [3.05, 3.63) is 53.0 Å². The van der Waals surface area contributed by atoms with Crippen molar-refractivity contribution in [2.24, 2.45) is 0 Å². The van der Waals surface area contributed by atoms with Crippen LogP contribution in [-0.2, 0) is 4.79 Å². The Morgan fingerprint density at radius 3 is 2.68 bits per heavy atom. The highest BCUT2D eigenvalue weighted by Crippen LogP contribution is 2.13. The monoisotopic (exact) mass is 367 g/mol. The molecule has 0 aliphatic carbocycles. The predicted octanol–water partition coefficient (Wildman–Crippen LogP) is 2.71. The summed E-state index contributed by atoms with van der Waals surface area (Å²) in [4.78, 5) is 27.0. The molecule has 2 rings (SSSR count). The van der Waals surface area contributed by atoms with Gasteiger partial charge in [0.15, 0.2) is 6.61 Å². The van der Waals surface area contributed by atoms with Gasteiger partial charge in [-0.15, -0.1) is 0 Å². The van der Waals surface area contributed by atoms with E-state index >= 15 is 0 Å². The average molecular weight is 368 g/mol. The molecule has 8 heteroatoms. The number of halogens is 2. The SMILES string of the molecule is O=C(COc1ccc(Br)nc1)NC(=O)Nc1ccccc1F. The van der Waals surface area contributed by atoms with Gasteiger partial charge in [-0.05, 0) is 40.2 Å². The summed E-state index contributed by atoms with van der Waals surface area (Å²) in [5.74, 6) is -0.882. The highest BCUT2D eigenvalue weighted by molar-refractivity contribution is 9.10. The summed E-state index contributed by atoms with van der Waals surface area (Å²) in [5, 5.41) is 4.25. The maximum absolute atomic E-state index is 13.3. The van der Waals surface area contributed by atoms with Crippen LogP contribution in [0.15, 0.2) is 47.2 Å². The maximum Gasteiger partial charge on any atom is 0.326 e. The predicted molar refractivity (Wildman–Crippen MR) is 81.0 cm³/mol. The molecule has 2 N–H and O–H groups in total. The van der Waals surface area contributed by atoms with Crippen molar-refractivity contribution in [2.45, 2.75) is 0 Å². The molecule has 6 nitrogen and oxygen atoms in total. The first-order chi connectivity index (χ1) is 10.5. The number of aromatic nitrogens is 1. The highest BCUT2D eigenvalue weighted by atomic mass is 79.9. The fraction of sp³-hybridized carbons (Fsp3) is 0.0714. The number of carbonyl (C=O) groups is 2. The van der Waals surface area contributed by atoms with Crippen molar-refractivity contribution >= 4 is 33.6 Å². The Morgan fingerprint density at radius 1 is 1.23 bits per heavy atom. The number of ether oxygens (including phenoxy) is 1. The van der Waals surface area contributed by atoms with Crippen molar-refractivity contribution in [2.75, 3.05) is 11.9 Å². The van der Waals surface area contributed by atoms with Gasteiger partial charge in [-0.3, -0.25) is 10.1 Å². The molecule has 1 aromatic carbocycles. The van der Waals surface area contributed by atoms with Crippen LogP contribution in [0, 0.1) is 5.82 Å². The molecule has 2 aromatic rings. The lowest BCUT2D eigenvalue weighted by Gasteiger charge is -2.08. The molecular formula is C14H11BrFN3O3. The lowest BCUT2D eigenvalue weighted by Crippen LogP contribution is -2.37. The molecule has 0 saturated heterocycles. The first-order valence-corrected chi connectivity index (χ1v) is 6.93. The van der Waals surface area contributed by atoms with Crippen LogP contribution in [0.2, 0.25) is 0 Å². The van der Waals surface area contributed by atoms with Crippen LogP contribution in [0.3, 0.4) is 0 Å². The van der Waals surface area contributed by atoms with E-state index in [-0.39, 0.29) is 12.3 Å². The molecule has 3 amide bonds. The smallest absolute Gasteiger partial charge is 0.326 e. The average Bonchev–Trinajstić information content (AvgIpc) is 2.49. The quantitative estimate of drug-likeness (QED) is 0.814. The first kappa shape index (κ1) is 15.9. The molecule has 0 saturated carbocycles. The van der Waals surface area contributed by atoms with Gasteiger partial charge in [0.25, 0.3) is 5.91 Å². The summed E-state index contributed by atoms with van der Waals surface area (Å²) >= 11 is 3.17. The van der Waals surface area contributed by atoms with Gasteiger partial charge in [0.05, 0.1) is 11.9 Å². The number of carbonyl (C=O) groups excluding carboxylic acids is 2. The minimum Gasteiger partial charge on any atom is -0.482 e. The molecule has 0 spiro atoms. The van der Waals surface area contributed by atoms with Gasteiger partial charge in [-0.1, -0.05) is 12.1 Å². The van der Waals surface area contributed by atoms with Crippen molar-refractivity contribution in [3.63, 3.8) is 0 Å². The molecule has 1 heterocycles. The number of urea groups is 1. The van der Waals surface area contributed by atoms with Crippen LogP contribution in [0.1, 0.15) is 0 Å². The van der Waals surface area contributed by atoms with Crippen molar-refractivity contribution in [3.8, 4) is 5.75 Å². The second kappa shape index (κ2) is 7.51. The lowest BCUT2D eigenvalue weighted by atomic mass is 10.3. The fourth-order valence-corrected chi connectivity index (χ4v) is 1.71. The van der Waals surface area contributed by atoms with Crippen LogP contribution in [0.25, 0.3) is 0 Å². The zero-order valence-corrected chi connectivity index (χ0v) is 12.8. The standard InChI is InChI=1S/C14H11BrFN3O3/c15-12-6-5-9(7-17-12)22-8-13(20)19-14(21)18-11-4-2-1-3-10(11)16/h1-7H,8H2,(H2,18,19,20,21). The van der Waals surface area contributed by atoms with Crippen LogP contribution in [-0.4, -0.2) is 23.5 Å². The topological polar surface area (TPSA) is 80.3 Å². The van der Waals surface area contributed by atoms with Gasteiger partial charge in [0.1, 0.15) is 16.2 Å². The molecule has 0 aliphatic rings. The van der Waals surface area contributed by atoms with E-state index in [2.05, 4.69) is 26.2 Å². The normalized spacial score (nSPS) is 9.91. The molecular weight excluding hydrogens is 357 g/mol. The van der Waals surface area contributed by atoms with Crippen LogP contribution < -0.4 is 15.4 Å². The zero-order valence-electron chi connectivity index (χ0n) is 11.2. The first-order valence-electron chi connectivity index (χ1n) is 6.14. The fourth-order valence-electron chi connectivity index (χ4n) is 1.48. The van der Waals surface area contributed by atoms with Crippen LogP contribution >= 0.6 is 15.9 Å². The molecule has 0 unspecified atom stereocenters. The molecule has 0 atom stereocenters. The Labute approximate surface area is 133 Å². The molecule has 0 aliphatic heterocycles. The Balaban J connectivity index is 1.80. The van der Waals surface area contributed by atoms with Crippen LogP contribution in [0.4, 0.5) is 14.9 Å². The summed E-state index contributed by atoms with van der Waals surface area (Å²) in [6.45, 7) is -0.367. The Hall–Kier alpha value is -2.48. The number of imide groups is 1.